The maximum atomic E-state index is 5.65. The fourth-order valence-corrected chi connectivity index (χ4v) is 1.70. The first-order valence-corrected chi connectivity index (χ1v) is 6.85. The van der Waals surface area contributed by atoms with Crippen LogP contribution in [-0.4, -0.2) is 17.1 Å². The molecule has 0 bridgehead atoms. The van der Waals surface area contributed by atoms with Crippen LogP contribution in [0.2, 0.25) is 0 Å². The quantitative estimate of drug-likeness (QED) is 0.642. The first-order chi connectivity index (χ1) is 8.42. The van der Waals surface area contributed by atoms with Gasteiger partial charge in [0.25, 0.3) is 0 Å². The smallest absolute Gasteiger partial charge is 0.217 e. The molecule has 0 aromatic carbocycles. The molecule has 1 aromatic heterocycles. The molecule has 3 nitrogen and oxygen atoms in total. The fraction of sp³-hybridized carbons (Fsp3) is 0.500. The molecule has 0 saturated carbocycles. The number of nitrogens with zero attached hydrogens (tertiary/aromatic N) is 1. The zero-order valence-electron chi connectivity index (χ0n) is 11.3. The van der Waals surface area contributed by atoms with Crippen molar-refractivity contribution in [3.8, 4) is 5.88 Å². The van der Waals surface area contributed by atoms with Gasteiger partial charge in [0.15, 0.2) is 0 Å². The molecular weight excluding hydrogens is 292 g/mol. The Morgan fingerprint density at radius 2 is 2.22 bits per heavy atom. The van der Waals surface area contributed by atoms with Gasteiger partial charge in [0, 0.05) is 28.3 Å². The van der Waals surface area contributed by atoms with E-state index < -0.39 is 0 Å². The van der Waals surface area contributed by atoms with Crippen LogP contribution in [0.25, 0.3) is 0 Å². The van der Waals surface area contributed by atoms with Crippen LogP contribution >= 0.6 is 15.9 Å². The van der Waals surface area contributed by atoms with Crippen LogP contribution < -0.4 is 10.1 Å². The van der Waals surface area contributed by atoms with Gasteiger partial charge < -0.3 is 10.1 Å². The number of hydrogen-bond acceptors (Lipinski definition) is 3. The van der Waals surface area contributed by atoms with Crippen molar-refractivity contribution < 1.29 is 4.74 Å². The SMILES string of the molecule is C=CCCOc1ncc(Br)cc1CNC(C)(C)C. The number of ether oxygens (including phenoxy) is 1. The lowest BCUT2D eigenvalue weighted by molar-refractivity contribution is 0.305. The first kappa shape index (κ1) is 15.2. The van der Waals surface area contributed by atoms with Crippen molar-refractivity contribution in [3.05, 3.63) is 35.0 Å². The van der Waals surface area contributed by atoms with E-state index in [4.69, 9.17) is 4.74 Å². The van der Waals surface area contributed by atoms with Gasteiger partial charge in [0.2, 0.25) is 5.88 Å². The molecule has 0 amide bonds. The molecule has 0 atom stereocenters. The van der Waals surface area contributed by atoms with Crippen LogP contribution in [0, 0.1) is 0 Å². The summed E-state index contributed by atoms with van der Waals surface area (Å²) in [5.41, 5.74) is 1.13. The Hall–Kier alpha value is -0.870. The summed E-state index contributed by atoms with van der Waals surface area (Å²) in [4.78, 5) is 4.31. The molecule has 0 aliphatic carbocycles. The molecule has 0 aliphatic rings. The van der Waals surface area contributed by atoms with E-state index in [1.165, 1.54) is 0 Å². The monoisotopic (exact) mass is 312 g/mol. The summed E-state index contributed by atoms with van der Waals surface area (Å²) in [6, 6.07) is 2.04. The summed E-state index contributed by atoms with van der Waals surface area (Å²) in [6.07, 6.45) is 4.42. The van der Waals surface area contributed by atoms with Crippen LogP contribution in [0.5, 0.6) is 5.88 Å². The molecular formula is C14H21BrN2O. The fourth-order valence-electron chi connectivity index (χ4n) is 1.32. The molecule has 0 spiro atoms. The predicted octanol–water partition coefficient (Wildman–Crippen LogP) is 3.69. The van der Waals surface area contributed by atoms with Gasteiger partial charge in [0.1, 0.15) is 0 Å². The highest BCUT2D eigenvalue weighted by Gasteiger charge is 2.12. The van der Waals surface area contributed by atoms with E-state index in [2.05, 4.69) is 53.6 Å². The predicted molar refractivity (Wildman–Crippen MR) is 78.8 cm³/mol. The van der Waals surface area contributed by atoms with Crippen LogP contribution in [0.3, 0.4) is 0 Å². The molecule has 0 unspecified atom stereocenters. The Morgan fingerprint density at radius 3 is 2.83 bits per heavy atom. The van der Waals surface area contributed by atoms with Crippen molar-refractivity contribution in [1.82, 2.24) is 10.3 Å². The Morgan fingerprint density at radius 1 is 1.50 bits per heavy atom. The number of pyridine rings is 1. The van der Waals surface area contributed by atoms with Crippen LogP contribution in [-0.2, 0) is 6.54 Å². The summed E-state index contributed by atoms with van der Waals surface area (Å²) in [5.74, 6) is 0.691. The zero-order valence-corrected chi connectivity index (χ0v) is 12.9. The van der Waals surface area contributed by atoms with E-state index in [9.17, 15) is 0 Å². The molecule has 0 saturated heterocycles. The lowest BCUT2D eigenvalue weighted by Gasteiger charge is -2.21. The average molecular weight is 313 g/mol. The van der Waals surface area contributed by atoms with Gasteiger partial charge in [-0.2, -0.15) is 0 Å². The molecule has 100 valence electrons. The zero-order chi connectivity index (χ0) is 13.6. The second kappa shape index (κ2) is 6.90. The molecule has 1 N–H and O–H groups in total. The molecule has 0 aliphatic heterocycles. The number of rotatable bonds is 6. The van der Waals surface area contributed by atoms with Crippen molar-refractivity contribution in [2.45, 2.75) is 39.3 Å². The average Bonchev–Trinajstić information content (AvgIpc) is 2.28. The minimum Gasteiger partial charge on any atom is -0.477 e. The van der Waals surface area contributed by atoms with Crippen LogP contribution in [0.1, 0.15) is 32.8 Å². The van der Waals surface area contributed by atoms with E-state index in [0.29, 0.717) is 12.5 Å². The van der Waals surface area contributed by atoms with E-state index in [0.717, 1.165) is 23.0 Å². The Kier molecular flexibility index (Phi) is 5.82. The Bertz CT molecular complexity index is 399. The van der Waals surface area contributed by atoms with E-state index in [1.807, 2.05) is 12.1 Å². The van der Waals surface area contributed by atoms with Crippen molar-refractivity contribution in [2.24, 2.45) is 0 Å². The number of aromatic nitrogens is 1. The second-order valence-corrected chi connectivity index (χ2v) is 6.06. The molecule has 0 radical (unpaired) electrons. The van der Waals surface area contributed by atoms with Gasteiger partial charge in [-0.25, -0.2) is 4.98 Å². The summed E-state index contributed by atoms with van der Waals surface area (Å²) in [7, 11) is 0. The third-order valence-corrected chi connectivity index (χ3v) is 2.70. The summed E-state index contributed by atoms with van der Waals surface area (Å²) in [5, 5.41) is 3.44. The molecule has 1 rings (SSSR count). The summed E-state index contributed by atoms with van der Waals surface area (Å²) >= 11 is 3.44. The largest absolute Gasteiger partial charge is 0.477 e. The number of hydrogen-bond donors (Lipinski definition) is 1. The van der Waals surface area contributed by atoms with Gasteiger partial charge in [-0.05, 0) is 49.2 Å². The highest BCUT2D eigenvalue weighted by molar-refractivity contribution is 9.10. The molecule has 18 heavy (non-hydrogen) atoms. The van der Waals surface area contributed by atoms with Gasteiger partial charge in [-0.1, -0.05) is 6.08 Å². The molecule has 4 heteroatoms. The minimum absolute atomic E-state index is 0.0701. The van der Waals surface area contributed by atoms with Gasteiger partial charge in [0.05, 0.1) is 6.61 Å². The maximum Gasteiger partial charge on any atom is 0.217 e. The van der Waals surface area contributed by atoms with Gasteiger partial charge in [-0.15, -0.1) is 6.58 Å². The van der Waals surface area contributed by atoms with E-state index in [1.54, 1.807) is 6.20 Å². The van der Waals surface area contributed by atoms with Crippen LogP contribution in [0.15, 0.2) is 29.4 Å². The molecule has 1 heterocycles. The number of nitrogens with one attached hydrogen (secondary N) is 1. The first-order valence-electron chi connectivity index (χ1n) is 6.05. The standard InChI is InChI=1S/C14H21BrN2O/c1-5-6-7-18-13-11(8-12(15)10-16-13)9-17-14(2,3)4/h5,8,10,17H,1,6-7,9H2,2-4H3. The molecule has 1 aromatic rings. The van der Waals surface area contributed by atoms with E-state index >= 15 is 0 Å². The topological polar surface area (TPSA) is 34.1 Å². The van der Waals surface area contributed by atoms with Crippen LogP contribution in [0.4, 0.5) is 0 Å². The second-order valence-electron chi connectivity index (χ2n) is 5.15. The number of halogens is 1. The Balaban J connectivity index is 2.73. The van der Waals surface area contributed by atoms with Crippen molar-refractivity contribution >= 4 is 15.9 Å². The third-order valence-electron chi connectivity index (χ3n) is 2.26. The lowest BCUT2D eigenvalue weighted by Crippen LogP contribution is -2.35. The van der Waals surface area contributed by atoms with Gasteiger partial charge >= 0.3 is 0 Å². The summed E-state index contributed by atoms with van der Waals surface area (Å²) < 4.78 is 6.62. The normalized spacial score (nSPS) is 11.3. The Labute approximate surface area is 118 Å². The highest BCUT2D eigenvalue weighted by atomic mass is 79.9. The molecule has 0 fully saturated rings. The maximum absolute atomic E-state index is 5.65. The van der Waals surface area contributed by atoms with E-state index in [-0.39, 0.29) is 5.54 Å². The third kappa shape index (κ3) is 5.65. The minimum atomic E-state index is 0.0701. The van der Waals surface area contributed by atoms with Crippen molar-refractivity contribution in [2.75, 3.05) is 6.61 Å². The van der Waals surface area contributed by atoms with Crippen molar-refractivity contribution in [1.29, 1.82) is 0 Å². The summed E-state index contributed by atoms with van der Waals surface area (Å²) in [6.45, 7) is 11.4. The lowest BCUT2D eigenvalue weighted by atomic mass is 10.1. The van der Waals surface area contributed by atoms with Crippen molar-refractivity contribution in [3.63, 3.8) is 0 Å². The van der Waals surface area contributed by atoms with Gasteiger partial charge in [-0.3, -0.25) is 0 Å². The highest BCUT2D eigenvalue weighted by Crippen LogP contribution is 2.20.